The monoisotopic (exact) mass is 275 g/mol. The van der Waals surface area contributed by atoms with E-state index in [-0.39, 0.29) is 5.91 Å². The predicted molar refractivity (Wildman–Crippen MR) is 83.4 cm³/mol. The van der Waals surface area contributed by atoms with Gasteiger partial charge in [0.1, 0.15) is 0 Å². The van der Waals surface area contributed by atoms with Crippen molar-refractivity contribution >= 4 is 11.6 Å². The molecule has 0 radical (unpaired) electrons. The smallest absolute Gasteiger partial charge is 0.251 e. The average Bonchev–Trinajstić information content (AvgIpc) is 2.48. The number of rotatable bonds is 5. The summed E-state index contributed by atoms with van der Waals surface area (Å²) in [7, 11) is 3.99. The van der Waals surface area contributed by atoms with Crippen LogP contribution in [0, 0.1) is 0 Å². The molecule has 110 valence electrons. The largest absolute Gasteiger partial charge is 0.378 e. The van der Waals surface area contributed by atoms with Crippen LogP contribution in [-0.4, -0.2) is 51.1 Å². The van der Waals surface area contributed by atoms with Gasteiger partial charge in [-0.2, -0.15) is 0 Å². The Morgan fingerprint density at radius 1 is 1.15 bits per heavy atom. The van der Waals surface area contributed by atoms with E-state index in [0.717, 1.165) is 24.3 Å². The Balaban J connectivity index is 1.76. The van der Waals surface area contributed by atoms with Gasteiger partial charge in [0.05, 0.1) is 0 Å². The molecule has 1 fully saturated rings. The summed E-state index contributed by atoms with van der Waals surface area (Å²) in [4.78, 5) is 16.5. The van der Waals surface area contributed by atoms with E-state index < -0.39 is 0 Å². The van der Waals surface area contributed by atoms with Gasteiger partial charge >= 0.3 is 0 Å². The number of hydrogen-bond donors (Lipinski definition) is 1. The lowest BCUT2D eigenvalue weighted by atomic mass is 10.1. The Labute approximate surface area is 121 Å². The highest BCUT2D eigenvalue weighted by Crippen LogP contribution is 2.12. The van der Waals surface area contributed by atoms with Crippen LogP contribution in [-0.2, 0) is 0 Å². The number of amides is 1. The second-order valence-electron chi connectivity index (χ2n) is 5.60. The Hall–Kier alpha value is -1.55. The van der Waals surface area contributed by atoms with Crippen molar-refractivity contribution in [1.82, 2.24) is 10.2 Å². The molecule has 1 saturated heterocycles. The van der Waals surface area contributed by atoms with E-state index in [1.54, 1.807) is 0 Å². The Morgan fingerprint density at radius 2 is 1.80 bits per heavy atom. The molecule has 0 unspecified atom stereocenters. The van der Waals surface area contributed by atoms with Crippen molar-refractivity contribution in [2.75, 3.05) is 45.2 Å². The molecule has 20 heavy (non-hydrogen) atoms. The lowest BCUT2D eigenvalue weighted by Crippen LogP contribution is -2.37. The summed E-state index contributed by atoms with van der Waals surface area (Å²) in [6, 6.07) is 7.70. The standard InChI is InChI=1S/C16H25N3O/c1-18(2)15-8-6-14(7-9-15)16(20)17-10-13-19-11-4-3-5-12-19/h6-9H,3-5,10-13H2,1-2H3,(H,17,20). The molecule has 0 atom stereocenters. The van der Waals surface area contributed by atoms with Gasteiger partial charge in [-0.25, -0.2) is 0 Å². The quantitative estimate of drug-likeness (QED) is 0.892. The van der Waals surface area contributed by atoms with E-state index in [1.807, 2.05) is 43.3 Å². The summed E-state index contributed by atoms with van der Waals surface area (Å²) in [5.41, 5.74) is 1.84. The molecule has 0 saturated carbocycles. The molecule has 4 heteroatoms. The van der Waals surface area contributed by atoms with Crippen LogP contribution in [0.1, 0.15) is 29.6 Å². The van der Waals surface area contributed by atoms with Crippen molar-refractivity contribution in [2.45, 2.75) is 19.3 Å². The Kier molecular flexibility index (Phi) is 5.41. The van der Waals surface area contributed by atoms with Crippen LogP contribution < -0.4 is 10.2 Å². The summed E-state index contributed by atoms with van der Waals surface area (Å²) in [6.07, 6.45) is 3.93. The zero-order valence-electron chi connectivity index (χ0n) is 12.6. The molecular formula is C16H25N3O. The molecule has 1 aromatic carbocycles. The molecule has 0 bridgehead atoms. The number of nitrogens with zero attached hydrogens (tertiary/aromatic N) is 2. The molecule has 1 aliphatic heterocycles. The second kappa shape index (κ2) is 7.29. The van der Waals surface area contributed by atoms with Gasteiger partial charge in [0.15, 0.2) is 0 Å². The lowest BCUT2D eigenvalue weighted by molar-refractivity contribution is 0.0946. The SMILES string of the molecule is CN(C)c1ccc(C(=O)NCCN2CCCCC2)cc1. The van der Waals surface area contributed by atoms with E-state index in [4.69, 9.17) is 0 Å². The molecule has 2 rings (SSSR count). The fourth-order valence-electron chi connectivity index (χ4n) is 2.52. The summed E-state index contributed by atoms with van der Waals surface area (Å²) >= 11 is 0. The fourth-order valence-corrected chi connectivity index (χ4v) is 2.52. The van der Waals surface area contributed by atoms with Crippen LogP contribution in [0.5, 0.6) is 0 Å². The van der Waals surface area contributed by atoms with Crippen molar-refractivity contribution in [3.63, 3.8) is 0 Å². The number of carbonyl (C=O) groups is 1. The highest BCUT2D eigenvalue weighted by atomic mass is 16.1. The zero-order chi connectivity index (χ0) is 14.4. The molecule has 0 aliphatic carbocycles. The minimum absolute atomic E-state index is 0.0207. The van der Waals surface area contributed by atoms with Gasteiger partial charge in [0, 0.05) is 38.4 Å². The molecule has 1 heterocycles. The topological polar surface area (TPSA) is 35.6 Å². The van der Waals surface area contributed by atoms with E-state index in [2.05, 4.69) is 10.2 Å². The molecule has 4 nitrogen and oxygen atoms in total. The molecule has 0 spiro atoms. The highest BCUT2D eigenvalue weighted by molar-refractivity contribution is 5.94. The normalized spacial score (nSPS) is 15.9. The van der Waals surface area contributed by atoms with Gasteiger partial charge in [-0.3, -0.25) is 4.79 Å². The van der Waals surface area contributed by atoms with Gasteiger partial charge in [0.2, 0.25) is 0 Å². The van der Waals surface area contributed by atoms with Gasteiger partial charge in [-0.05, 0) is 50.2 Å². The maximum absolute atomic E-state index is 12.0. The average molecular weight is 275 g/mol. The van der Waals surface area contributed by atoms with Crippen molar-refractivity contribution in [3.8, 4) is 0 Å². The van der Waals surface area contributed by atoms with Gasteiger partial charge in [-0.1, -0.05) is 6.42 Å². The molecule has 1 aromatic rings. The first-order valence-corrected chi connectivity index (χ1v) is 7.45. The van der Waals surface area contributed by atoms with Gasteiger partial charge in [-0.15, -0.1) is 0 Å². The number of benzene rings is 1. The first kappa shape index (κ1) is 14.9. The summed E-state index contributed by atoms with van der Waals surface area (Å²) in [6.45, 7) is 4.04. The van der Waals surface area contributed by atoms with Gasteiger partial charge in [0.25, 0.3) is 5.91 Å². The molecule has 1 aliphatic rings. The van der Waals surface area contributed by atoms with Crippen molar-refractivity contribution in [1.29, 1.82) is 0 Å². The maximum atomic E-state index is 12.0. The molecule has 0 aromatic heterocycles. The Morgan fingerprint density at radius 3 is 2.40 bits per heavy atom. The fraction of sp³-hybridized carbons (Fsp3) is 0.562. The van der Waals surface area contributed by atoms with Crippen molar-refractivity contribution < 1.29 is 4.79 Å². The van der Waals surface area contributed by atoms with E-state index >= 15 is 0 Å². The summed E-state index contributed by atoms with van der Waals surface area (Å²) < 4.78 is 0. The predicted octanol–water partition coefficient (Wildman–Crippen LogP) is 1.97. The van der Waals surface area contributed by atoms with Crippen LogP contribution in [0.25, 0.3) is 0 Å². The first-order valence-electron chi connectivity index (χ1n) is 7.45. The van der Waals surface area contributed by atoms with Crippen LogP contribution in [0.4, 0.5) is 5.69 Å². The van der Waals surface area contributed by atoms with Crippen LogP contribution in [0.15, 0.2) is 24.3 Å². The molecule has 1 amide bonds. The zero-order valence-corrected chi connectivity index (χ0v) is 12.6. The second-order valence-corrected chi connectivity index (χ2v) is 5.60. The third-order valence-corrected chi connectivity index (χ3v) is 3.81. The van der Waals surface area contributed by atoms with E-state index in [0.29, 0.717) is 0 Å². The number of piperidine rings is 1. The first-order chi connectivity index (χ1) is 9.66. The molecule has 1 N–H and O–H groups in total. The number of likely N-dealkylation sites (tertiary alicyclic amines) is 1. The van der Waals surface area contributed by atoms with Crippen molar-refractivity contribution in [3.05, 3.63) is 29.8 Å². The van der Waals surface area contributed by atoms with Crippen LogP contribution in [0.3, 0.4) is 0 Å². The number of anilines is 1. The maximum Gasteiger partial charge on any atom is 0.251 e. The summed E-state index contributed by atoms with van der Waals surface area (Å²) in [5.74, 6) is 0.0207. The van der Waals surface area contributed by atoms with Gasteiger partial charge < -0.3 is 15.1 Å². The molecular weight excluding hydrogens is 250 g/mol. The van der Waals surface area contributed by atoms with Crippen LogP contribution in [0.2, 0.25) is 0 Å². The lowest BCUT2D eigenvalue weighted by Gasteiger charge is -2.26. The van der Waals surface area contributed by atoms with Crippen molar-refractivity contribution in [2.24, 2.45) is 0 Å². The number of hydrogen-bond acceptors (Lipinski definition) is 3. The Bertz CT molecular complexity index is 422. The minimum Gasteiger partial charge on any atom is -0.378 e. The highest BCUT2D eigenvalue weighted by Gasteiger charge is 2.10. The van der Waals surface area contributed by atoms with E-state index in [9.17, 15) is 4.79 Å². The third kappa shape index (κ3) is 4.23. The van der Waals surface area contributed by atoms with Crippen LogP contribution >= 0.6 is 0 Å². The number of nitrogens with one attached hydrogen (secondary N) is 1. The minimum atomic E-state index is 0.0207. The summed E-state index contributed by atoms with van der Waals surface area (Å²) in [5, 5.41) is 3.00. The third-order valence-electron chi connectivity index (χ3n) is 3.81. The number of carbonyl (C=O) groups excluding carboxylic acids is 1. The van der Waals surface area contributed by atoms with E-state index in [1.165, 1.54) is 32.4 Å².